The first kappa shape index (κ1) is 23.9. The van der Waals surface area contributed by atoms with Crippen molar-refractivity contribution in [3.63, 3.8) is 0 Å². The van der Waals surface area contributed by atoms with Crippen LogP contribution in [0, 0.1) is 0 Å². The molecule has 0 aromatic heterocycles. The van der Waals surface area contributed by atoms with E-state index in [-0.39, 0.29) is 6.61 Å². The Hall–Kier alpha value is -1.39. The van der Waals surface area contributed by atoms with Crippen molar-refractivity contribution in [2.75, 3.05) is 6.61 Å². The zero-order valence-corrected chi connectivity index (χ0v) is 18.4. The average molecular weight is 423 g/mol. The van der Waals surface area contributed by atoms with E-state index in [9.17, 15) is 4.57 Å². The number of fused-ring (bicyclic) bond motifs is 1. The van der Waals surface area contributed by atoms with Crippen LogP contribution in [0.3, 0.4) is 0 Å². The number of hydrogen-bond donors (Lipinski definition) is 2. The minimum absolute atomic E-state index is 0.121. The SMILES string of the molecule is CCCCCCCCCCCC(COP(=O)(O)O)Oc1cccc2ccccc12. The molecule has 1 unspecified atom stereocenters. The second-order valence-electron chi connectivity index (χ2n) is 7.62. The first-order chi connectivity index (χ1) is 14.0. The van der Waals surface area contributed by atoms with Crippen LogP contribution >= 0.6 is 7.82 Å². The van der Waals surface area contributed by atoms with Crippen LogP contribution in [0.4, 0.5) is 0 Å². The lowest BCUT2D eigenvalue weighted by Gasteiger charge is -2.20. The van der Waals surface area contributed by atoms with Crippen molar-refractivity contribution in [3.8, 4) is 5.75 Å². The summed E-state index contributed by atoms with van der Waals surface area (Å²) in [6, 6.07) is 13.8. The van der Waals surface area contributed by atoms with E-state index in [1.54, 1.807) is 0 Å². The largest absolute Gasteiger partial charge is 0.487 e. The minimum atomic E-state index is -4.52. The van der Waals surface area contributed by atoms with Crippen LogP contribution in [0.15, 0.2) is 42.5 Å². The fourth-order valence-corrected chi connectivity index (χ4v) is 3.88. The molecule has 2 rings (SSSR count). The van der Waals surface area contributed by atoms with Gasteiger partial charge in [0.1, 0.15) is 11.9 Å². The highest BCUT2D eigenvalue weighted by atomic mass is 31.2. The van der Waals surface area contributed by atoms with E-state index in [0.29, 0.717) is 6.42 Å². The van der Waals surface area contributed by atoms with Crippen molar-refractivity contribution in [1.29, 1.82) is 0 Å². The summed E-state index contributed by atoms with van der Waals surface area (Å²) in [6.45, 7) is 2.11. The van der Waals surface area contributed by atoms with E-state index < -0.39 is 13.9 Å². The first-order valence-electron chi connectivity index (χ1n) is 10.8. The molecule has 29 heavy (non-hydrogen) atoms. The maximum Gasteiger partial charge on any atom is 0.469 e. The third kappa shape index (κ3) is 9.77. The number of ether oxygens (including phenoxy) is 1. The molecule has 0 aliphatic rings. The zero-order chi connectivity index (χ0) is 21.0. The van der Waals surface area contributed by atoms with E-state index in [2.05, 4.69) is 6.92 Å². The second kappa shape index (κ2) is 13.0. The molecule has 2 N–H and O–H groups in total. The third-order valence-electron chi connectivity index (χ3n) is 5.10. The normalized spacial score (nSPS) is 12.9. The molecule has 0 spiro atoms. The number of phosphoric acid groups is 1. The van der Waals surface area contributed by atoms with E-state index in [0.717, 1.165) is 29.4 Å². The van der Waals surface area contributed by atoms with E-state index in [4.69, 9.17) is 19.0 Å². The lowest BCUT2D eigenvalue weighted by Crippen LogP contribution is -2.22. The quantitative estimate of drug-likeness (QED) is 0.249. The number of benzene rings is 2. The lowest BCUT2D eigenvalue weighted by molar-refractivity contribution is 0.0952. The standard InChI is InChI=1S/C23H35O5P/c1-2-3-4-5-6-7-8-9-10-16-21(19-27-29(24,25)26)28-23-18-13-15-20-14-11-12-17-22(20)23/h11-15,17-18,21H,2-10,16,19H2,1H3,(H2,24,25,26). The lowest BCUT2D eigenvalue weighted by atomic mass is 10.0. The van der Waals surface area contributed by atoms with Crippen molar-refractivity contribution < 1.29 is 23.6 Å². The molecule has 6 heteroatoms. The van der Waals surface area contributed by atoms with Crippen LogP contribution in [0.5, 0.6) is 5.75 Å². The van der Waals surface area contributed by atoms with Crippen molar-refractivity contribution in [1.82, 2.24) is 0 Å². The van der Waals surface area contributed by atoms with Crippen LogP contribution in [0.2, 0.25) is 0 Å². The summed E-state index contributed by atoms with van der Waals surface area (Å²) in [5.41, 5.74) is 0. The van der Waals surface area contributed by atoms with Gasteiger partial charge in [-0.25, -0.2) is 4.57 Å². The highest BCUT2D eigenvalue weighted by molar-refractivity contribution is 7.46. The monoisotopic (exact) mass is 422 g/mol. The summed E-state index contributed by atoms with van der Waals surface area (Å²) in [6.07, 6.45) is 11.3. The van der Waals surface area contributed by atoms with E-state index in [1.165, 1.54) is 44.9 Å². The molecule has 1 atom stereocenters. The minimum Gasteiger partial charge on any atom is -0.487 e. The molecule has 0 saturated heterocycles. The summed E-state index contributed by atoms with van der Waals surface area (Å²) in [5.74, 6) is 0.721. The first-order valence-corrected chi connectivity index (χ1v) is 12.4. The van der Waals surface area contributed by atoms with Crippen molar-refractivity contribution in [2.45, 2.75) is 77.2 Å². The van der Waals surface area contributed by atoms with E-state index in [1.807, 2.05) is 42.5 Å². The van der Waals surface area contributed by atoms with Gasteiger partial charge in [-0.3, -0.25) is 4.52 Å². The van der Waals surface area contributed by atoms with Gasteiger partial charge in [-0.2, -0.15) is 0 Å². The summed E-state index contributed by atoms with van der Waals surface area (Å²) in [4.78, 5) is 18.1. The Labute approximate surface area is 174 Å². The van der Waals surface area contributed by atoms with Gasteiger partial charge in [-0.1, -0.05) is 94.7 Å². The van der Waals surface area contributed by atoms with Crippen LogP contribution < -0.4 is 4.74 Å². The molecular formula is C23H35O5P. The van der Waals surface area contributed by atoms with Crippen LogP contribution in [0.1, 0.15) is 71.1 Å². The van der Waals surface area contributed by atoms with Crippen LogP contribution in [-0.2, 0) is 9.09 Å². The molecule has 0 aliphatic carbocycles. The summed E-state index contributed by atoms with van der Waals surface area (Å²) in [7, 11) is -4.52. The Kier molecular flexibility index (Phi) is 10.7. The summed E-state index contributed by atoms with van der Waals surface area (Å²) in [5, 5.41) is 2.06. The topological polar surface area (TPSA) is 76.0 Å². The zero-order valence-electron chi connectivity index (χ0n) is 17.5. The van der Waals surface area contributed by atoms with Crippen LogP contribution in [0.25, 0.3) is 10.8 Å². The summed E-state index contributed by atoms with van der Waals surface area (Å²) < 4.78 is 22.0. The van der Waals surface area contributed by atoms with Crippen LogP contribution in [-0.4, -0.2) is 22.5 Å². The fraction of sp³-hybridized carbons (Fsp3) is 0.565. The number of unbranched alkanes of at least 4 members (excludes halogenated alkanes) is 8. The highest BCUT2D eigenvalue weighted by Crippen LogP contribution is 2.36. The van der Waals surface area contributed by atoms with Gasteiger partial charge < -0.3 is 14.5 Å². The van der Waals surface area contributed by atoms with Crippen molar-refractivity contribution in [2.24, 2.45) is 0 Å². The number of hydrogen-bond acceptors (Lipinski definition) is 3. The van der Waals surface area contributed by atoms with Gasteiger partial charge >= 0.3 is 7.82 Å². The molecular weight excluding hydrogens is 387 g/mol. The molecule has 162 valence electrons. The highest BCUT2D eigenvalue weighted by Gasteiger charge is 2.20. The van der Waals surface area contributed by atoms with Crippen molar-refractivity contribution in [3.05, 3.63) is 42.5 Å². The van der Waals surface area contributed by atoms with Gasteiger partial charge in [0, 0.05) is 5.39 Å². The summed E-state index contributed by atoms with van der Waals surface area (Å²) >= 11 is 0. The fourth-order valence-electron chi connectivity index (χ4n) is 3.52. The predicted octanol–water partition coefficient (Wildman–Crippen LogP) is 6.62. The maximum absolute atomic E-state index is 11.1. The second-order valence-corrected chi connectivity index (χ2v) is 8.86. The molecule has 0 saturated carbocycles. The molecule has 5 nitrogen and oxygen atoms in total. The van der Waals surface area contributed by atoms with Gasteiger partial charge in [0.15, 0.2) is 0 Å². The van der Waals surface area contributed by atoms with Gasteiger partial charge in [-0.05, 0) is 24.3 Å². The molecule has 0 bridgehead atoms. The Morgan fingerprint density at radius 1 is 0.862 bits per heavy atom. The van der Waals surface area contributed by atoms with Crippen molar-refractivity contribution >= 4 is 18.6 Å². The molecule has 0 aliphatic heterocycles. The van der Waals surface area contributed by atoms with Gasteiger partial charge in [0.05, 0.1) is 6.61 Å². The molecule has 0 heterocycles. The molecule has 2 aromatic carbocycles. The predicted molar refractivity (Wildman–Crippen MR) is 118 cm³/mol. The maximum atomic E-state index is 11.1. The Bertz CT molecular complexity index is 753. The Balaban J connectivity index is 1.84. The average Bonchev–Trinajstić information content (AvgIpc) is 2.70. The van der Waals surface area contributed by atoms with Gasteiger partial charge in [-0.15, -0.1) is 0 Å². The smallest absolute Gasteiger partial charge is 0.469 e. The number of phosphoric ester groups is 1. The molecule has 0 fully saturated rings. The Morgan fingerprint density at radius 2 is 1.48 bits per heavy atom. The molecule has 0 amide bonds. The number of rotatable bonds is 15. The van der Waals surface area contributed by atoms with E-state index >= 15 is 0 Å². The van der Waals surface area contributed by atoms with Gasteiger partial charge in [0.25, 0.3) is 0 Å². The Morgan fingerprint density at radius 3 is 2.17 bits per heavy atom. The third-order valence-corrected chi connectivity index (χ3v) is 5.59. The van der Waals surface area contributed by atoms with Gasteiger partial charge in [0.2, 0.25) is 0 Å². The molecule has 0 radical (unpaired) electrons. The molecule has 2 aromatic rings.